The van der Waals surface area contributed by atoms with Crippen LogP contribution in [0.4, 0.5) is 0 Å². The molecule has 0 saturated heterocycles. The Balaban J connectivity index is 1.80. The number of aromatic nitrogens is 3. The predicted molar refractivity (Wildman–Crippen MR) is 68.6 cm³/mol. The molecule has 1 heterocycles. The SMILES string of the molecule is CCn1ncnc1CNC(C)C1CCCCC1. The number of nitrogens with one attached hydrogen (secondary N) is 1. The van der Waals surface area contributed by atoms with Crippen molar-refractivity contribution in [3.05, 3.63) is 12.2 Å². The maximum Gasteiger partial charge on any atom is 0.140 e. The van der Waals surface area contributed by atoms with Crippen molar-refractivity contribution < 1.29 is 0 Å². The molecule has 1 aromatic heterocycles. The predicted octanol–water partition coefficient (Wildman–Crippen LogP) is 2.36. The van der Waals surface area contributed by atoms with Crippen LogP contribution in [0.1, 0.15) is 51.8 Å². The van der Waals surface area contributed by atoms with Crippen LogP contribution in [-0.4, -0.2) is 20.8 Å². The minimum Gasteiger partial charge on any atom is -0.307 e. The van der Waals surface area contributed by atoms with Gasteiger partial charge in [-0.1, -0.05) is 19.3 Å². The zero-order chi connectivity index (χ0) is 12.1. The summed E-state index contributed by atoms with van der Waals surface area (Å²) in [5, 5.41) is 7.80. The molecule has 4 heteroatoms. The quantitative estimate of drug-likeness (QED) is 0.853. The van der Waals surface area contributed by atoms with Gasteiger partial charge < -0.3 is 5.32 Å². The first kappa shape index (κ1) is 12.6. The molecular formula is C13H24N4. The number of hydrogen-bond acceptors (Lipinski definition) is 3. The number of nitrogens with zero attached hydrogens (tertiary/aromatic N) is 3. The van der Waals surface area contributed by atoms with Gasteiger partial charge in [0, 0.05) is 12.6 Å². The molecule has 0 spiro atoms. The van der Waals surface area contributed by atoms with Crippen molar-refractivity contribution in [1.29, 1.82) is 0 Å². The van der Waals surface area contributed by atoms with Crippen LogP contribution in [0.5, 0.6) is 0 Å². The molecule has 0 radical (unpaired) electrons. The van der Waals surface area contributed by atoms with Gasteiger partial charge in [-0.25, -0.2) is 9.67 Å². The zero-order valence-corrected chi connectivity index (χ0v) is 11.0. The van der Waals surface area contributed by atoms with Crippen LogP contribution in [-0.2, 0) is 13.1 Å². The summed E-state index contributed by atoms with van der Waals surface area (Å²) in [6, 6.07) is 0.595. The lowest BCUT2D eigenvalue weighted by atomic mass is 9.84. The number of aryl methyl sites for hydroxylation is 1. The molecule has 96 valence electrons. The van der Waals surface area contributed by atoms with E-state index in [1.54, 1.807) is 6.33 Å². The monoisotopic (exact) mass is 236 g/mol. The van der Waals surface area contributed by atoms with Crippen molar-refractivity contribution >= 4 is 0 Å². The maximum absolute atomic E-state index is 4.29. The second kappa shape index (κ2) is 6.15. The molecule has 1 N–H and O–H groups in total. The summed E-state index contributed by atoms with van der Waals surface area (Å²) < 4.78 is 1.96. The van der Waals surface area contributed by atoms with Gasteiger partial charge in [-0.2, -0.15) is 5.10 Å². The Hall–Kier alpha value is -0.900. The van der Waals surface area contributed by atoms with Crippen molar-refractivity contribution in [2.75, 3.05) is 0 Å². The summed E-state index contributed by atoms with van der Waals surface area (Å²) in [6.07, 6.45) is 8.64. The molecule has 17 heavy (non-hydrogen) atoms. The molecule has 0 amide bonds. The first-order valence-corrected chi connectivity index (χ1v) is 6.91. The minimum atomic E-state index is 0.595. The fraction of sp³-hybridized carbons (Fsp3) is 0.846. The summed E-state index contributed by atoms with van der Waals surface area (Å²) in [6.45, 7) is 6.14. The molecule has 1 aliphatic carbocycles. The van der Waals surface area contributed by atoms with Gasteiger partial charge in [0.15, 0.2) is 0 Å². The molecule has 0 aromatic carbocycles. The normalized spacial score (nSPS) is 19.4. The van der Waals surface area contributed by atoms with Crippen LogP contribution < -0.4 is 5.32 Å². The summed E-state index contributed by atoms with van der Waals surface area (Å²) in [7, 11) is 0. The Morgan fingerprint density at radius 2 is 2.18 bits per heavy atom. The standard InChI is InChI=1S/C13H24N4/c1-3-17-13(15-10-16-17)9-14-11(2)12-7-5-4-6-8-12/h10-12,14H,3-9H2,1-2H3. The zero-order valence-electron chi connectivity index (χ0n) is 11.0. The van der Waals surface area contributed by atoms with Gasteiger partial charge in [-0.05, 0) is 32.6 Å². The van der Waals surface area contributed by atoms with E-state index in [0.29, 0.717) is 6.04 Å². The lowest BCUT2D eigenvalue weighted by Crippen LogP contribution is -2.35. The summed E-state index contributed by atoms with van der Waals surface area (Å²) in [4.78, 5) is 4.29. The lowest BCUT2D eigenvalue weighted by Gasteiger charge is -2.28. The Labute approximate surface area is 104 Å². The third kappa shape index (κ3) is 3.28. The Bertz CT molecular complexity index is 328. The summed E-state index contributed by atoms with van der Waals surface area (Å²) >= 11 is 0. The van der Waals surface area contributed by atoms with E-state index >= 15 is 0 Å². The highest BCUT2D eigenvalue weighted by molar-refractivity contribution is 4.85. The largest absolute Gasteiger partial charge is 0.307 e. The van der Waals surface area contributed by atoms with E-state index < -0.39 is 0 Å². The highest BCUT2D eigenvalue weighted by atomic mass is 15.3. The second-order valence-electron chi connectivity index (χ2n) is 5.06. The third-order valence-electron chi connectivity index (χ3n) is 3.93. The van der Waals surface area contributed by atoms with Crippen molar-refractivity contribution in [2.45, 2.75) is 65.1 Å². The van der Waals surface area contributed by atoms with E-state index in [4.69, 9.17) is 0 Å². The molecule has 1 aromatic rings. The van der Waals surface area contributed by atoms with Gasteiger partial charge >= 0.3 is 0 Å². The molecule has 1 fully saturated rings. The molecule has 1 saturated carbocycles. The summed E-state index contributed by atoms with van der Waals surface area (Å²) in [5.74, 6) is 1.90. The van der Waals surface area contributed by atoms with Gasteiger partial charge in [0.25, 0.3) is 0 Å². The fourth-order valence-electron chi connectivity index (χ4n) is 2.74. The number of hydrogen-bond donors (Lipinski definition) is 1. The molecule has 0 aliphatic heterocycles. The van der Waals surface area contributed by atoms with Crippen molar-refractivity contribution in [1.82, 2.24) is 20.1 Å². The van der Waals surface area contributed by atoms with Gasteiger partial charge in [-0.3, -0.25) is 0 Å². The molecule has 4 nitrogen and oxygen atoms in total. The van der Waals surface area contributed by atoms with Crippen molar-refractivity contribution in [3.63, 3.8) is 0 Å². The first-order chi connectivity index (χ1) is 8.31. The van der Waals surface area contributed by atoms with E-state index in [9.17, 15) is 0 Å². The van der Waals surface area contributed by atoms with E-state index in [1.807, 2.05) is 4.68 Å². The van der Waals surface area contributed by atoms with Crippen molar-refractivity contribution in [2.24, 2.45) is 5.92 Å². The van der Waals surface area contributed by atoms with Gasteiger partial charge in [-0.15, -0.1) is 0 Å². The molecule has 1 unspecified atom stereocenters. The molecule has 1 atom stereocenters. The average molecular weight is 236 g/mol. The molecule has 1 aliphatic rings. The van der Waals surface area contributed by atoms with Gasteiger partial charge in [0.05, 0.1) is 6.54 Å². The minimum absolute atomic E-state index is 0.595. The second-order valence-corrected chi connectivity index (χ2v) is 5.06. The third-order valence-corrected chi connectivity index (χ3v) is 3.93. The fourth-order valence-corrected chi connectivity index (χ4v) is 2.74. The van der Waals surface area contributed by atoms with Crippen LogP contribution in [0.25, 0.3) is 0 Å². The Morgan fingerprint density at radius 3 is 2.88 bits per heavy atom. The average Bonchev–Trinajstić information content (AvgIpc) is 2.84. The van der Waals surface area contributed by atoms with Gasteiger partial charge in [0.2, 0.25) is 0 Å². The molecular weight excluding hydrogens is 212 g/mol. The van der Waals surface area contributed by atoms with Crippen LogP contribution in [0.3, 0.4) is 0 Å². The Morgan fingerprint density at radius 1 is 1.41 bits per heavy atom. The van der Waals surface area contributed by atoms with Crippen LogP contribution >= 0.6 is 0 Å². The van der Waals surface area contributed by atoms with Crippen LogP contribution in [0.2, 0.25) is 0 Å². The van der Waals surface area contributed by atoms with E-state index in [0.717, 1.165) is 24.8 Å². The molecule has 0 bridgehead atoms. The number of rotatable bonds is 5. The van der Waals surface area contributed by atoms with Crippen LogP contribution in [0.15, 0.2) is 6.33 Å². The van der Waals surface area contributed by atoms with Crippen molar-refractivity contribution in [3.8, 4) is 0 Å². The van der Waals surface area contributed by atoms with Gasteiger partial charge in [0.1, 0.15) is 12.2 Å². The van der Waals surface area contributed by atoms with E-state index in [2.05, 4.69) is 29.2 Å². The smallest absolute Gasteiger partial charge is 0.140 e. The van der Waals surface area contributed by atoms with Crippen LogP contribution in [0, 0.1) is 5.92 Å². The molecule has 2 rings (SSSR count). The maximum atomic E-state index is 4.29. The summed E-state index contributed by atoms with van der Waals surface area (Å²) in [5.41, 5.74) is 0. The highest BCUT2D eigenvalue weighted by Gasteiger charge is 2.19. The highest BCUT2D eigenvalue weighted by Crippen LogP contribution is 2.26. The Kier molecular flexibility index (Phi) is 4.54. The topological polar surface area (TPSA) is 42.7 Å². The van der Waals surface area contributed by atoms with E-state index in [-0.39, 0.29) is 0 Å². The lowest BCUT2D eigenvalue weighted by molar-refractivity contribution is 0.278. The van der Waals surface area contributed by atoms with E-state index in [1.165, 1.54) is 32.1 Å². The first-order valence-electron chi connectivity index (χ1n) is 6.91.